The minimum Gasteiger partial charge on any atom is -0.464 e. The molecule has 0 radical (unpaired) electrons. The number of fused-ring (bicyclic) bond motifs is 6. The predicted octanol–water partition coefficient (Wildman–Crippen LogP) is 5.20. The quantitative estimate of drug-likeness (QED) is 0.306. The van der Waals surface area contributed by atoms with Gasteiger partial charge in [-0.25, -0.2) is 5.43 Å². The van der Waals surface area contributed by atoms with Crippen LogP contribution in [0.25, 0.3) is 33.3 Å². The minimum absolute atomic E-state index is 0.0317. The molecule has 236 valence electrons. The summed E-state index contributed by atoms with van der Waals surface area (Å²) in [6.07, 6.45) is 4.02. The van der Waals surface area contributed by atoms with Crippen molar-refractivity contribution < 1.29 is 19.1 Å². The number of hydrogen-bond acceptors (Lipinski definition) is 7. The Bertz CT molecular complexity index is 1720. The molecule has 9 nitrogen and oxygen atoms in total. The normalized spacial score (nSPS) is 21.8. The van der Waals surface area contributed by atoms with Crippen LogP contribution in [0.1, 0.15) is 56.5 Å². The number of cyclic esters (lactones) is 1. The van der Waals surface area contributed by atoms with Gasteiger partial charge in [-0.2, -0.15) is 0 Å². The largest absolute Gasteiger partial charge is 0.464 e. The Kier molecular flexibility index (Phi) is 9.03. The van der Waals surface area contributed by atoms with E-state index in [1.807, 2.05) is 31.3 Å². The summed E-state index contributed by atoms with van der Waals surface area (Å²) in [5.74, 6) is -0.530. The van der Waals surface area contributed by atoms with E-state index in [1.54, 1.807) is 7.11 Å². The number of esters is 1. The second-order valence-corrected chi connectivity index (χ2v) is 12.4. The first-order valence-electron chi connectivity index (χ1n) is 16.0. The van der Waals surface area contributed by atoms with Gasteiger partial charge in [0.15, 0.2) is 0 Å². The fourth-order valence-electron chi connectivity index (χ4n) is 6.77. The number of nitrogens with two attached hydrogens (primary N) is 1. The van der Waals surface area contributed by atoms with E-state index in [4.69, 9.17) is 20.2 Å². The van der Waals surface area contributed by atoms with Gasteiger partial charge in [-0.3, -0.25) is 19.6 Å². The lowest BCUT2D eigenvalue weighted by Gasteiger charge is -2.34. The average Bonchev–Trinajstić information content (AvgIpc) is 3.38. The minimum atomic E-state index is -0.736. The Morgan fingerprint density at radius 3 is 2.73 bits per heavy atom. The number of carbonyl (C=O) groups excluding carboxylic acids is 2. The number of benzene rings is 2. The van der Waals surface area contributed by atoms with Gasteiger partial charge >= 0.3 is 5.97 Å². The molecule has 0 spiro atoms. The molecule has 1 fully saturated rings. The molecule has 2 aliphatic rings. The van der Waals surface area contributed by atoms with E-state index in [-0.39, 0.29) is 30.5 Å². The molecule has 1 amide bonds. The zero-order chi connectivity index (χ0) is 31.7. The predicted molar refractivity (Wildman–Crippen MR) is 175 cm³/mol. The van der Waals surface area contributed by atoms with Gasteiger partial charge in [0.2, 0.25) is 0 Å². The van der Waals surface area contributed by atoms with Crippen LogP contribution in [-0.4, -0.2) is 58.8 Å². The molecule has 1 saturated heterocycles. The number of methoxy groups -OCH3 is 1. The number of hydrazine groups is 1. The van der Waals surface area contributed by atoms with Crippen LogP contribution in [0.2, 0.25) is 0 Å². The van der Waals surface area contributed by atoms with E-state index in [0.717, 1.165) is 51.1 Å². The number of rotatable bonds is 4. The summed E-state index contributed by atoms with van der Waals surface area (Å²) in [5, 5.41) is 2.66. The second kappa shape index (κ2) is 13.1. The second-order valence-electron chi connectivity index (χ2n) is 12.4. The number of amides is 1. The summed E-state index contributed by atoms with van der Waals surface area (Å²) >= 11 is 0. The lowest BCUT2D eigenvalue weighted by molar-refractivity contribution is -0.153. The van der Waals surface area contributed by atoms with E-state index in [9.17, 15) is 9.59 Å². The smallest absolute Gasteiger partial charge is 0.324 e. The molecule has 4 heterocycles. The summed E-state index contributed by atoms with van der Waals surface area (Å²) < 4.78 is 14.0. The molecule has 2 aromatic heterocycles. The number of aryl methyl sites for hydroxylation is 1. The highest BCUT2D eigenvalue weighted by Gasteiger charge is 2.32. The van der Waals surface area contributed by atoms with Crippen LogP contribution in [0.15, 0.2) is 60.8 Å². The van der Waals surface area contributed by atoms with Crippen LogP contribution in [0.5, 0.6) is 0 Å². The van der Waals surface area contributed by atoms with Crippen molar-refractivity contribution in [2.24, 2.45) is 11.7 Å². The van der Waals surface area contributed by atoms with E-state index in [1.165, 1.54) is 10.6 Å². The third-order valence-electron chi connectivity index (χ3n) is 9.15. The van der Waals surface area contributed by atoms with E-state index < -0.39 is 12.1 Å². The molecule has 9 heteroatoms. The fourth-order valence-corrected chi connectivity index (χ4v) is 6.77. The van der Waals surface area contributed by atoms with Crippen LogP contribution in [0.3, 0.4) is 0 Å². The zero-order valence-electron chi connectivity index (χ0n) is 26.6. The standard InChI is InChI=1S/C36H43N5O4/c1-5-40-32-14-13-26-20-28(32)29(34(40)27-11-7-15-38-33(27)23(3)44-4)17-22(2)21-45-36(43)31-12-8-16-41(39-31)35(42)30(37)19-24-9-6-10-25(26)18-24/h6-7,9-11,13-15,18,20,22-23,30-31,39H,5,8,12,16-17,19,21,37H2,1-4H3/t22?,23-,30-,31-/m0/s1. The van der Waals surface area contributed by atoms with Crippen LogP contribution in [0.4, 0.5) is 0 Å². The molecule has 3 N–H and O–H groups in total. The van der Waals surface area contributed by atoms with Crippen molar-refractivity contribution in [2.75, 3.05) is 20.3 Å². The third-order valence-corrected chi connectivity index (χ3v) is 9.15. The van der Waals surface area contributed by atoms with Crippen LogP contribution in [0, 0.1) is 5.92 Å². The first-order chi connectivity index (χ1) is 21.8. The molecule has 0 aliphatic carbocycles. The van der Waals surface area contributed by atoms with Gasteiger partial charge in [-0.1, -0.05) is 37.3 Å². The molecule has 4 aromatic rings. The molecule has 6 bridgehead atoms. The fraction of sp³-hybridized carbons (Fsp3) is 0.417. The molecule has 1 unspecified atom stereocenters. The van der Waals surface area contributed by atoms with Crippen LogP contribution >= 0.6 is 0 Å². The van der Waals surface area contributed by atoms with E-state index in [0.29, 0.717) is 32.2 Å². The molecular formula is C36H43N5O4. The number of aromatic nitrogens is 2. The lowest BCUT2D eigenvalue weighted by Crippen LogP contribution is -2.59. The molecule has 2 aliphatic heterocycles. The highest BCUT2D eigenvalue weighted by molar-refractivity contribution is 5.95. The molecule has 45 heavy (non-hydrogen) atoms. The highest BCUT2D eigenvalue weighted by Crippen LogP contribution is 2.40. The number of ether oxygens (including phenoxy) is 2. The highest BCUT2D eigenvalue weighted by atomic mass is 16.5. The van der Waals surface area contributed by atoms with Crippen molar-refractivity contribution in [3.05, 3.63) is 77.6 Å². The maximum atomic E-state index is 13.3. The zero-order valence-corrected chi connectivity index (χ0v) is 26.6. The topological polar surface area (TPSA) is 112 Å². The van der Waals surface area contributed by atoms with Crippen molar-refractivity contribution in [3.8, 4) is 22.4 Å². The van der Waals surface area contributed by atoms with Crippen molar-refractivity contribution >= 4 is 22.8 Å². The summed E-state index contributed by atoms with van der Waals surface area (Å²) in [5.41, 5.74) is 18.1. The van der Waals surface area contributed by atoms with Crippen molar-refractivity contribution in [2.45, 2.75) is 71.2 Å². The van der Waals surface area contributed by atoms with Gasteiger partial charge < -0.3 is 19.8 Å². The Balaban J connectivity index is 1.52. The number of pyridine rings is 1. The Hall–Kier alpha value is -4.05. The average molecular weight is 610 g/mol. The number of nitrogens with zero attached hydrogens (tertiary/aromatic N) is 3. The summed E-state index contributed by atoms with van der Waals surface area (Å²) in [6.45, 7) is 7.84. The van der Waals surface area contributed by atoms with Gasteiger partial charge in [-0.05, 0) is 92.0 Å². The number of carbonyl (C=O) groups is 2. The Morgan fingerprint density at radius 2 is 1.93 bits per heavy atom. The van der Waals surface area contributed by atoms with Crippen molar-refractivity contribution in [3.63, 3.8) is 0 Å². The van der Waals surface area contributed by atoms with Gasteiger partial charge in [0, 0.05) is 42.9 Å². The molecule has 2 aromatic carbocycles. The van der Waals surface area contributed by atoms with Gasteiger partial charge in [0.1, 0.15) is 6.04 Å². The Morgan fingerprint density at radius 1 is 1.11 bits per heavy atom. The van der Waals surface area contributed by atoms with Crippen LogP contribution in [-0.2, 0) is 38.4 Å². The van der Waals surface area contributed by atoms with Crippen molar-refractivity contribution in [1.82, 2.24) is 20.0 Å². The molecular weight excluding hydrogens is 566 g/mol. The van der Waals surface area contributed by atoms with Crippen LogP contribution < -0.4 is 11.2 Å². The summed E-state index contributed by atoms with van der Waals surface area (Å²) in [6, 6.07) is 17.7. The summed E-state index contributed by atoms with van der Waals surface area (Å²) in [7, 11) is 1.71. The first-order valence-corrected chi connectivity index (χ1v) is 16.0. The molecule has 0 saturated carbocycles. The first kappa shape index (κ1) is 31.0. The Labute approximate surface area is 264 Å². The van der Waals surface area contributed by atoms with Gasteiger partial charge in [-0.15, -0.1) is 0 Å². The summed E-state index contributed by atoms with van der Waals surface area (Å²) in [4.78, 5) is 31.3. The van der Waals surface area contributed by atoms with E-state index in [2.05, 4.69) is 60.2 Å². The van der Waals surface area contributed by atoms with Gasteiger partial charge in [0.05, 0.1) is 30.1 Å². The SMILES string of the molecule is CCn1c(-c2cccnc2[C@H](C)OC)c2c3cc(ccc31)-c1cccc(c1)C[C@H](N)C(=O)N1CCC[C@H](N1)C(=O)OCC(C)C2. The maximum absolute atomic E-state index is 13.3. The lowest BCUT2D eigenvalue weighted by atomic mass is 9.93. The molecule has 6 rings (SSSR count). The monoisotopic (exact) mass is 609 g/mol. The molecule has 4 atom stereocenters. The van der Waals surface area contributed by atoms with Gasteiger partial charge in [0.25, 0.3) is 5.91 Å². The third kappa shape index (κ3) is 6.12. The number of nitrogens with one attached hydrogen (secondary N) is 1. The van der Waals surface area contributed by atoms with E-state index >= 15 is 0 Å². The van der Waals surface area contributed by atoms with Crippen molar-refractivity contribution in [1.29, 1.82) is 0 Å². The maximum Gasteiger partial charge on any atom is 0.324 e. The number of hydrogen-bond donors (Lipinski definition) is 2.